The maximum Gasteiger partial charge on any atom is 0.251 e. The van der Waals surface area contributed by atoms with Gasteiger partial charge in [-0.25, -0.2) is 0 Å². The predicted molar refractivity (Wildman–Crippen MR) is 174 cm³/mol. The lowest BCUT2D eigenvalue weighted by Crippen LogP contribution is -2.56. The van der Waals surface area contributed by atoms with E-state index in [-0.39, 0.29) is 35.5 Å². The quantitative estimate of drug-likeness (QED) is 0.218. The predicted octanol–water partition coefficient (Wildman–Crippen LogP) is 3.96. The summed E-state index contributed by atoms with van der Waals surface area (Å²) in [5, 5.41) is 9.06. The van der Waals surface area contributed by atoms with Crippen molar-refractivity contribution < 1.29 is 19.1 Å². The van der Waals surface area contributed by atoms with Crippen LogP contribution in [-0.4, -0.2) is 54.5 Å². The third kappa shape index (κ3) is 8.28. The number of pyridine rings is 1. The molecule has 3 aromatic rings. The number of rotatable bonds is 14. The smallest absolute Gasteiger partial charge is 0.251 e. The monoisotopic (exact) mass is 611 g/mol. The van der Waals surface area contributed by atoms with Crippen LogP contribution < -0.4 is 26.4 Å². The van der Waals surface area contributed by atoms with E-state index < -0.39 is 18.0 Å². The van der Waals surface area contributed by atoms with E-state index in [1.807, 2.05) is 55.5 Å². The molecule has 9 nitrogen and oxygen atoms in total. The molecule has 0 unspecified atom stereocenters. The highest BCUT2D eigenvalue weighted by atomic mass is 16.5. The Balaban J connectivity index is 1.32. The number of fused-ring (bicyclic) bond motifs is 3. The van der Waals surface area contributed by atoms with Crippen molar-refractivity contribution in [3.05, 3.63) is 95.8 Å². The largest absolute Gasteiger partial charge is 0.494 e. The second-order valence-electron chi connectivity index (χ2n) is 12.7. The maximum absolute atomic E-state index is 13.9. The molecule has 6 rings (SSSR count). The summed E-state index contributed by atoms with van der Waals surface area (Å²) in [6.07, 6.45) is 8.59. The van der Waals surface area contributed by atoms with Crippen molar-refractivity contribution in [3.63, 3.8) is 0 Å². The van der Waals surface area contributed by atoms with Gasteiger partial charge in [0.2, 0.25) is 11.8 Å². The summed E-state index contributed by atoms with van der Waals surface area (Å²) in [6, 6.07) is 20.0. The van der Waals surface area contributed by atoms with E-state index in [0.29, 0.717) is 24.4 Å². The highest BCUT2D eigenvalue weighted by Crippen LogP contribution is 2.56. The number of carbonyl (C=O) groups excluding carboxylic acids is 3. The van der Waals surface area contributed by atoms with E-state index >= 15 is 0 Å². The molecule has 0 spiro atoms. The number of hydrogen-bond donors (Lipinski definition) is 4. The molecule has 0 radical (unpaired) electrons. The molecule has 1 aromatic heterocycles. The van der Waals surface area contributed by atoms with Crippen molar-refractivity contribution in [2.75, 3.05) is 19.7 Å². The Labute approximate surface area is 265 Å². The Hall–Kier alpha value is -4.24. The second-order valence-corrected chi connectivity index (χ2v) is 12.7. The molecule has 3 aliphatic rings. The van der Waals surface area contributed by atoms with Crippen molar-refractivity contribution in [1.29, 1.82) is 0 Å². The lowest BCUT2D eigenvalue weighted by Gasteiger charge is -2.53. The van der Waals surface area contributed by atoms with Crippen LogP contribution in [0.25, 0.3) is 0 Å². The topological polar surface area (TPSA) is 135 Å². The van der Waals surface area contributed by atoms with Gasteiger partial charge in [-0.1, -0.05) is 36.4 Å². The fourth-order valence-electron chi connectivity index (χ4n) is 6.68. The number of nitrogens with one attached hydrogen (secondary N) is 3. The summed E-state index contributed by atoms with van der Waals surface area (Å²) in [4.78, 5) is 45.3. The molecule has 2 aromatic carbocycles. The van der Waals surface area contributed by atoms with Gasteiger partial charge in [0.25, 0.3) is 5.91 Å². The van der Waals surface area contributed by atoms with Crippen LogP contribution in [0, 0.1) is 10.8 Å². The number of nitrogens with two attached hydrogens (primary N) is 1. The summed E-state index contributed by atoms with van der Waals surface area (Å²) < 4.78 is 5.56. The summed E-state index contributed by atoms with van der Waals surface area (Å²) in [7, 11) is 0. The first kappa shape index (κ1) is 32.2. The molecule has 9 heteroatoms. The molecule has 2 bridgehead atoms. The molecule has 0 aliphatic heterocycles. The molecule has 1 heterocycles. The highest BCUT2D eigenvalue weighted by molar-refractivity contribution is 5.98. The van der Waals surface area contributed by atoms with Crippen LogP contribution in [0.4, 0.5) is 0 Å². The van der Waals surface area contributed by atoms with Crippen molar-refractivity contribution in [3.8, 4) is 5.75 Å². The number of carbonyl (C=O) groups is 3. The number of aromatic nitrogens is 1. The first-order valence-corrected chi connectivity index (χ1v) is 16.1. The van der Waals surface area contributed by atoms with Gasteiger partial charge in [-0.05, 0) is 105 Å². The number of nitrogens with zero attached hydrogens (tertiary/aromatic N) is 1. The molecule has 3 aliphatic carbocycles. The fraction of sp³-hybridized carbons (Fsp3) is 0.444. The van der Waals surface area contributed by atoms with Crippen LogP contribution >= 0.6 is 0 Å². The van der Waals surface area contributed by atoms with Gasteiger partial charge in [0.15, 0.2) is 0 Å². The van der Waals surface area contributed by atoms with Gasteiger partial charge in [0, 0.05) is 36.8 Å². The van der Waals surface area contributed by atoms with Gasteiger partial charge in [0.1, 0.15) is 17.8 Å². The fourth-order valence-corrected chi connectivity index (χ4v) is 6.68. The molecule has 3 fully saturated rings. The lowest BCUT2D eigenvalue weighted by molar-refractivity contribution is -0.130. The van der Waals surface area contributed by atoms with E-state index in [2.05, 4.69) is 20.9 Å². The highest BCUT2D eigenvalue weighted by Gasteiger charge is 2.48. The van der Waals surface area contributed by atoms with E-state index in [4.69, 9.17) is 10.5 Å². The third-order valence-corrected chi connectivity index (χ3v) is 9.73. The minimum atomic E-state index is -0.922. The van der Waals surface area contributed by atoms with E-state index in [9.17, 15) is 14.4 Å². The first-order chi connectivity index (χ1) is 21.8. The number of ether oxygens (including phenoxy) is 1. The molecule has 0 saturated heterocycles. The normalized spacial score (nSPS) is 21.7. The molecular weight excluding hydrogens is 566 g/mol. The van der Waals surface area contributed by atoms with Crippen molar-refractivity contribution in [1.82, 2.24) is 20.9 Å². The molecule has 5 N–H and O–H groups in total. The Morgan fingerprint density at radius 1 is 0.800 bits per heavy atom. The van der Waals surface area contributed by atoms with Crippen molar-refractivity contribution in [2.45, 2.75) is 70.4 Å². The summed E-state index contributed by atoms with van der Waals surface area (Å²) >= 11 is 0. The molecular formula is C36H45N5O4. The minimum absolute atomic E-state index is 0.0754. The van der Waals surface area contributed by atoms with Gasteiger partial charge in [-0.15, -0.1) is 0 Å². The van der Waals surface area contributed by atoms with Crippen LogP contribution in [0.15, 0.2) is 79.0 Å². The van der Waals surface area contributed by atoms with Crippen molar-refractivity contribution in [2.24, 2.45) is 16.6 Å². The van der Waals surface area contributed by atoms with E-state index in [1.165, 1.54) is 0 Å². The number of hydrogen-bond acceptors (Lipinski definition) is 6. The second kappa shape index (κ2) is 14.7. The van der Waals surface area contributed by atoms with Crippen LogP contribution in [0.1, 0.15) is 67.1 Å². The lowest BCUT2D eigenvalue weighted by atomic mass is 9.54. The molecule has 2 atom stereocenters. The molecule has 238 valence electrons. The Morgan fingerprint density at radius 2 is 1.44 bits per heavy atom. The third-order valence-electron chi connectivity index (χ3n) is 9.73. The average molecular weight is 612 g/mol. The number of benzene rings is 2. The van der Waals surface area contributed by atoms with Gasteiger partial charge >= 0.3 is 0 Å². The van der Waals surface area contributed by atoms with Gasteiger partial charge in [-0.2, -0.15) is 0 Å². The molecule has 3 amide bonds. The Kier molecular flexibility index (Phi) is 10.5. The first-order valence-electron chi connectivity index (χ1n) is 16.1. The summed E-state index contributed by atoms with van der Waals surface area (Å²) in [5.41, 5.74) is 8.43. The Bertz CT molecular complexity index is 1410. The van der Waals surface area contributed by atoms with Gasteiger partial charge < -0.3 is 26.4 Å². The summed E-state index contributed by atoms with van der Waals surface area (Å²) in [5.74, 6) is -0.328. The van der Waals surface area contributed by atoms with Crippen LogP contribution in [0.2, 0.25) is 0 Å². The van der Waals surface area contributed by atoms with Crippen LogP contribution in [-0.2, 0) is 22.4 Å². The van der Waals surface area contributed by atoms with Gasteiger partial charge in [-0.3, -0.25) is 19.4 Å². The van der Waals surface area contributed by atoms with Crippen molar-refractivity contribution >= 4 is 17.7 Å². The standard InChI is InChI=1S/C36H45N5O4/c1-2-45-29-13-11-26(12-14-29)22-30(40-32(42)27-8-4-3-5-9-27)34(44)41-31(23-28-10-6-7-21-38-28)33(43)39-25-36-18-15-35(24-37,16-19-36)17-20-36/h3-14,21,30-31H,2,15-20,22-25,37H2,1H3,(H,39,43)(H,40,42)(H,41,44)/t30-,31+,35?,36?/m1/s1. The zero-order valence-electron chi connectivity index (χ0n) is 26.1. The van der Waals surface area contributed by atoms with E-state index in [1.54, 1.807) is 30.5 Å². The molecule has 3 saturated carbocycles. The zero-order valence-corrected chi connectivity index (χ0v) is 26.1. The zero-order chi connectivity index (χ0) is 31.7. The maximum atomic E-state index is 13.9. The number of amides is 3. The van der Waals surface area contributed by atoms with Gasteiger partial charge in [0.05, 0.1) is 6.61 Å². The average Bonchev–Trinajstić information content (AvgIpc) is 3.09. The SMILES string of the molecule is CCOc1ccc(C[C@@H](NC(=O)c2ccccc2)C(=O)N[C@@H](Cc2ccccn2)C(=O)NCC23CCC(CN)(CC2)CC3)cc1. The van der Waals surface area contributed by atoms with E-state index in [0.717, 1.165) is 56.4 Å². The van der Waals surface area contributed by atoms with Crippen LogP contribution in [0.5, 0.6) is 5.75 Å². The van der Waals surface area contributed by atoms with Crippen LogP contribution in [0.3, 0.4) is 0 Å². The summed E-state index contributed by atoms with van der Waals surface area (Å²) in [6.45, 7) is 3.77. The minimum Gasteiger partial charge on any atom is -0.494 e. The molecule has 45 heavy (non-hydrogen) atoms. The Morgan fingerprint density at radius 3 is 2.07 bits per heavy atom.